The van der Waals surface area contributed by atoms with Gasteiger partial charge in [0.2, 0.25) is 0 Å². The Morgan fingerprint density at radius 3 is 1.46 bits per heavy atom. The lowest BCUT2D eigenvalue weighted by Gasteiger charge is -2.38. The molecule has 0 aliphatic heterocycles. The molecule has 0 aliphatic carbocycles. The highest BCUT2D eigenvalue weighted by Gasteiger charge is 2.72. The second-order valence-electron chi connectivity index (χ2n) is 5.31. The van der Waals surface area contributed by atoms with Gasteiger partial charge in [0.1, 0.15) is 5.82 Å². The van der Waals surface area contributed by atoms with Gasteiger partial charge in [-0.15, -0.1) is 0 Å². The summed E-state index contributed by atoms with van der Waals surface area (Å²) in [5.74, 6) is -7.86. The number of benzene rings is 2. The van der Waals surface area contributed by atoms with Gasteiger partial charge in [-0.2, -0.15) is 35.1 Å². The molecule has 10 heteroatoms. The van der Waals surface area contributed by atoms with Crippen molar-refractivity contribution in [3.8, 4) is 0 Å². The molecule has 0 spiro atoms. The van der Waals surface area contributed by atoms with Gasteiger partial charge in [0.15, 0.2) is 5.60 Å². The molecule has 0 amide bonds. The molecule has 142 valence electrons. The monoisotopic (exact) mass is 388 g/mol. The predicted molar refractivity (Wildman–Crippen MR) is 71.8 cm³/mol. The van der Waals surface area contributed by atoms with Crippen molar-refractivity contribution >= 4 is 0 Å². The number of rotatable bonds is 3. The van der Waals surface area contributed by atoms with Crippen molar-refractivity contribution in [1.29, 1.82) is 0 Å². The van der Waals surface area contributed by atoms with Gasteiger partial charge in [-0.1, -0.05) is 36.4 Å². The van der Waals surface area contributed by atoms with Crippen LogP contribution in [-0.2, 0) is 11.8 Å². The van der Waals surface area contributed by atoms with Gasteiger partial charge in [0.05, 0.1) is 5.56 Å². The van der Waals surface area contributed by atoms with Crippen molar-refractivity contribution in [2.75, 3.05) is 0 Å². The van der Waals surface area contributed by atoms with E-state index >= 15 is 0 Å². The first-order valence-electron chi connectivity index (χ1n) is 6.83. The zero-order valence-electron chi connectivity index (χ0n) is 12.5. The highest BCUT2D eigenvalue weighted by atomic mass is 19.4. The summed E-state index contributed by atoms with van der Waals surface area (Å²) in [6.07, 6.45) is -11.8. The standard InChI is InChI=1S/C16H9F9O/c17-12-8-4-3-7-11(12)13(26,15(21,22)16(23,24)25)9-5-1-2-6-10(9)14(18,19)20/h1-8,26H. The molecule has 1 N–H and O–H groups in total. The molecule has 2 aromatic carbocycles. The van der Waals surface area contributed by atoms with Crippen molar-refractivity contribution in [3.05, 3.63) is 71.0 Å². The minimum absolute atomic E-state index is 0.216. The Bertz CT molecular complexity index is 795. The fourth-order valence-electron chi connectivity index (χ4n) is 2.49. The minimum Gasteiger partial charge on any atom is -0.374 e. The summed E-state index contributed by atoms with van der Waals surface area (Å²) in [5, 5.41) is 10.3. The van der Waals surface area contributed by atoms with Gasteiger partial charge in [0.25, 0.3) is 0 Å². The van der Waals surface area contributed by atoms with E-state index < -0.39 is 46.4 Å². The second-order valence-corrected chi connectivity index (χ2v) is 5.31. The molecule has 0 saturated carbocycles. The van der Waals surface area contributed by atoms with Crippen LogP contribution in [0.3, 0.4) is 0 Å². The van der Waals surface area contributed by atoms with Crippen LogP contribution >= 0.6 is 0 Å². The van der Waals surface area contributed by atoms with Crippen molar-refractivity contribution in [1.82, 2.24) is 0 Å². The Hall–Kier alpha value is -2.23. The summed E-state index contributed by atoms with van der Waals surface area (Å²) in [6, 6.07) is 4.46. The number of alkyl halides is 8. The summed E-state index contributed by atoms with van der Waals surface area (Å²) in [6.45, 7) is 0. The molecule has 1 atom stereocenters. The second kappa shape index (κ2) is 6.19. The average Bonchev–Trinajstić information content (AvgIpc) is 2.52. The van der Waals surface area contributed by atoms with Gasteiger partial charge in [0, 0.05) is 11.1 Å². The number of aliphatic hydroxyl groups is 1. The topological polar surface area (TPSA) is 20.2 Å². The Labute approximate surface area is 140 Å². The smallest absolute Gasteiger partial charge is 0.374 e. The third-order valence-electron chi connectivity index (χ3n) is 3.70. The molecule has 26 heavy (non-hydrogen) atoms. The van der Waals surface area contributed by atoms with E-state index in [0.717, 1.165) is 24.3 Å². The van der Waals surface area contributed by atoms with E-state index in [0.29, 0.717) is 12.1 Å². The van der Waals surface area contributed by atoms with Gasteiger partial charge >= 0.3 is 18.3 Å². The van der Waals surface area contributed by atoms with E-state index in [1.165, 1.54) is 0 Å². The van der Waals surface area contributed by atoms with Gasteiger partial charge < -0.3 is 5.11 Å². The molecule has 0 heterocycles. The maximum absolute atomic E-state index is 14.2. The number of hydrogen-bond acceptors (Lipinski definition) is 1. The minimum atomic E-state index is -6.47. The molecule has 0 aliphatic rings. The molecule has 0 fully saturated rings. The first kappa shape index (κ1) is 20.1. The van der Waals surface area contributed by atoms with Crippen LogP contribution in [0.25, 0.3) is 0 Å². The fraction of sp³-hybridized carbons (Fsp3) is 0.250. The SMILES string of the molecule is OC(c1ccccc1F)(c1ccccc1C(F)(F)F)C(F)(F)C(F)(F)F. The van der Waals surface area contributed by atoms with Crippen LogP contribution in [0.2, 0.25) is 0 Å². The Balaban J connectivity index is 2.96. The molecule has 2 aromatic rings. The maximum atomic E-state index is 14.2. The van der Waals surface area contributed by atoms with Gasteiger partial charge in [-0.3, -0.25) is 0 Å². The van der Waals surface area contributed by atoms with E-state index in [2.05, 4.69) is 0 Å². The third-order valence-corrected chi connectivity index (χ3v) is 3.70. The summed E-state index contributed by atoms with van der Waals surface area (Å²) in [5.41, 5.74) is -10.1. The van der Waals surface area contributed by atoms with Crippen molar-refractivity contribution in [2.24, 2.45) is 0 Å². The lowest BCUT2D eigenvalue weighted by molar-refractivity contribution is -0.337. The maximum Gasteiger partial charge on any atom is 0.457 e. The molecule has 1 nitrogen and oxygen atoms in total. The predicted octanol–water partition coefficient (Wildman–Crippen LogP) is 5.28. The Kier molecular flexibility index (Phi) is 4.78. The van der Waals surface area contributed by atoms with E-state index in [4.69, 9.17) is 0 Å². The third kappa shape index (κ3) is 3.02. The fourth-order valence-corrected chi connectivity index (χ4v) is 2.49. The lowest BCUT2D eigenvalue weighted by atomic mass is 9.78. The van der Waals surface area contributed by atoms with Crippen LogP contribution in [0.4, 0.5) is 39.5 Å². The zero-order valence-corrected chi connectivity index (χ0v) is 12.5. The van der Waals surface area contributed by atoms with E-state index in [-0.39, 0.29) is 12.1 Å². The molecule has 0 saturated heterocycles. The Morgan fingerprint density at radius 1 is 0.615 bits per heavy atom. The summed E-state index contributed by atoms with van der Waals surface area (Å²) < 4.78 is 121. The number of halogens is 9. The van der Waals surface area contributed by atoms with Crippen molar-refractivity contribution in [2.45, 2.75) is 23.9 Å². The molecular weight excluding hydrogens is 379 g/mol. The van der Waals surface area contributed by atoms with Crippen LogP contribution in [0.1, 0.15) is 16.7 Å². The molecule has 1 unspecified atom stereocenters. The largest absolute Gasteiger partial charge is 0.457 e. The van der Waals surface area contributed by atoms with Crippen molar-refractivity contribution in [3.63, 3.8) is 0 Å². The van der Waals surface area contributed by atoms with Crippen LogP contribution in [0, 0.1) is 5.82 Å². The molecular formula is C16H9F9O. The van der Waals surface area contributed by atoms with E-state index in [1.807, 2.05) is 0 Å². The first-order valence-corrected chi connectivity index (χ1v) is 6.83. The normalized spacial score (nSPS) is 15.6. The molecule has 0 bridgehead atoms. The average molecular weight is 388 g/mol. The summed E-state index contributed by atoms with van der Waals surface area (Å²) in [7, 11) is 0. The van der Waals surface area contributed by atoms with Crippen LogP contribution in [0.15, 0.2) is 48.5 Å². The zero-order chi connectivity index (χ0) is 20.0. The molecule has 2 rings (SSSR count). The van der Waals surface area contributed by atoms with Crippen LogP contribution in [0.5, 0.6) is 0 Å². The quantitative estimate of drug-likeness (QED) is 0.710. The molecule has 0 radical (unpaired) electrons. The van der Waals surface area contributed by atoms with E-state index in [9.17, 15) is 44.6 Å². The highest BCUT2D eigenvalue weighted by Crippen LogP contribution is 2.54. The van der Waals surface area contributed by atoms with Gasteiger partial charge in [-0.25, -0.2) is 4.39 Å². The first-order chi connectivity index (χ1) is 11.7. The highest BCUT2D eigenvalue weighted by molar-refractivity contribution is 5.45. The lowest BCUT2D eigenvalue weighted by Crippen LogP contribution is -2.56. The van der Waals surface area contributed by atoms with Crippen LogP contribution < -0.4 is 0 Å². The van der Waals surface area contributed by atoms with Gasteiger partial charge in [-0.05, 0) is 12.1 Å². The van der Waals surface area contributed by atoms with Crippen LogP contribution in [-0.4, -0.2) is 17.2 Å². The Morgan fingerprint density at radius 2 is 1.04 bits per heavy atom. The summed E-state index contributed by atoms with van der Waals surface area (Å²) >= 11 is 0. The van der Waals surface area contributed by atoms with E-state index in [1.54, 1.807) is 0 Å². The van der Waals surface area contributed by atoms with Crippen molar-refractivity contribution < 1.29 is 44.6 Å². The summed E-state index contributed by atoms with van der Waals surface area (Å²) in [4.78, 5) is 0. The number of hydrogen-bond donors (Lipinski definition) is 1. The molecule has 0 aromatic heterocycles.